The summed E-state index contributed by atoms with van der Waals surface area (Å²) in [5.74, 6) is 1.20. The summed E-state index contributed by atoms with van der Waals surface area (Å²) < 4.78 is 26.2. The van der Waals surface area contributed by atoms with Gasteiger partial charge < -0.3 is 23.4 Å². The summed E-state index contributed by atoms with van der Waals surface area (Å²) in [6.07, 6.45) is 2.08. The predicted octanol–water partition coefficient (Wildman–Crippen LogP) is 3.44. The smallest absolute Gasteiger partial charge is 0.338 e. The van der Waals surface area contributed by atoms with Crippen molar-refractivity contribution in [2.24, 2.45) is 5.92 Å². The molecule has 7 heteroatoms. The van der Waals surface area contributed by atoms with E-state index in [1.54, 1.807) is 12.1 Å². The first kappa shape index (κ1) is 20.4. The summed E-state index contributed by atoms with van der Waals surface area (Å²) >= 11 is 0. The van der Waals surface area contributed by atoms with Gasteiger partial charge in [0.15, 0.2) is 11.5 Å². The van der Waals surface area contributed by atoms with Crippen LogP contribution in [-0.2, 0) is 11.3 Å². The maximum atomic E-state index is 12.2. The minimum Gasteiger partial charge on any atom is -0.493 e. The van der Waals surface area contributed by atoms with E-state index in [1.807, 2.05) is 0 Å². The van der Waals surface area contributed by atoms with Gasteiger partial charge in [0.1, 0.15) is 18.6 Å². The molecule has 1 heterocycles. The van der Waals surface area contributed by atoms with Gasteiger partial charge in [-0.3, -0.25) is 4.79 Å². The van der Waals surface area contributed by atoms with Crippen LogP contribution < -0.4 is 19.6 Å². The minimum absolute atomic E-state index is 0.144. The molecule has 7 nitrogen and oxygen atoms in total. The Bertz CT molecular complexity index is 823. The van der Waals surface area contributed by atoms with Gasteiger partial charge >= 0.3 is 5.97 Å². The SMILES string of the molecule is COc1ccc(C(=O)OCc2cc(=O)c(OCCC(C)C)co2)cc1OC. The number of rotatable bonds is 9. The highest BCUT2D eigenvalue weighted by molar-refractivity contribution is 5.90. The molecule has 1 aromatic carbocycles. The second kappa shape index (κ2) is 9.66. The van der Waals surface area contributed by atoms with E-state index in [1.165, 1.54) is 32.6 Å². The van der Waals surface area contributed by atoms with Gasteiger partial charge in [0.2, 0.25) is 11.2 Å². The van der Waals surface area contributed by atoms with Crippen molar-refractivity contribution in [3.05, 3.63) is 52.1 Å². The molecule has 1 aromatic heterocycles. The monoisotopic (exact) mass is 376 g/mol. The zero-order valence-corrected chi connectivity index (χ0v) is 15.9. The lowest BCUT2D eigenvalue weighted by molar-refractivity contribution is 0.0442. The molecule has 27 heavy (non-hydrogen) atoms. The first-order chi connectivity index (χ1) is 12.9. The number of carbonyl (C=O) groups excluding carboxylic acids is 1. The van der Waals surface area contributed by atoms with E-state index in [0.717, 1.165) is 6.42 Å². The van der Waals surface area contributed by atoms with Crippen molar-refractivity contribution < 1.29 is 28.2 Å². The fourth-order valence-corrected chi connectivity index (χ4v) is 2.21. The summed E-state index contributed by atoms with van der Waals surface area (Å²) in [4.78, 5) is 24.2. The van der Waals surface area contributed by atoms with Gasteiger partial charge in [-0.25, -0.2) is 4.79 Å². The molecule has 0 aliphatic heterocycles. The third-order valence-electron chi connectivity index (χ3n) is 3.77. The maximum Gasteiger partial charge on any atom is 0.338 e. The zero-order valence-electron chi connectivity index (χ0n) is 15.9. The molecule has 0 atom stereocenters. The van der Waals surface area contributed by atoms with Crippen LogP contribution in [0, 0.1) is 5.92 Å². The number of esters is 1. The van der Waals surface area contributed by atoms with E-state index < -0.39 is 5.97 Å². The van der Waals surface area contributed by atoms with Crippen molar-refractivity contribution in [2.75, 3.05) is 20.8 Å². The molecule has 0 aliphatic carbocycles. The van der Waals surface area contributed by atoms with Crippen LogP contribution >= 0.6 is 0 Å². The van der Waals surface area contributed by atoms with Crippen molar-refractivity contribution in [1.29, 1.82) is 0 Å². The molecular weight excluding hydrogens is 352 g/mol. The van der Waals surface area contributed by atoms with Crippen LogP contribution in [0.1, 0.15) is 36.4 Å². The molecule has 0 amide bonds. The molecule has 0 saturated heterocycles. The Kier molecular flexibility index (Phi) is 7.28. The van der Waals surface area contributed by atoms with Gasteiger partial charge in [0.25, 0.3) is 0 Å². The summed E-state index contributed by atoms with van der Waals surface area (Å²) in [5, 5.41) is 0. The van der Waals surface area contributed by atoms with E-state index in [-0.39, 0.29) is 23.5 Å². The second-order valence-electron chi connectivity index (χ2n) is 6.25. The minimum atomic E-state index is -0.573. The Labute approximate surface area is 157 Å². The zero-order chi connectivity index (χ0) is 19.8. The molecule has 0 bridgehead atoms. The Hall–Kier alpha value is -2.96. The van der Waals surface area contributed by atoms with Crippen molar-refractivity contribution in [3.8, 4) is 17.2 Å². The Morgan fingerprint density at radius 2 is 1.81 bits per heavy atom. The van der Waals surface area contributed by atoms with E-state index in [4.69, 9.17) is 23.4 Å². The summed E-state index contributed by atoms with van der Waals surface area (Å²) in [6, 6.07) is 5.94. The Morgan fingerprint density at radius 1 is 1.07 bits per heavy atom. The summed E-state index contributed by atoms with van der Waals surface area (Å²) in [6.45, 7) is 4.41. The number of ether oxygens (including phenoxy) is 4. The van der Waals surface area contributed by atoms with Crippen LogP contribution in [0.25, 0.3) is 0 Å². The van der Waals surface area contributed by atoms with Crippen LogP contribution in [-0.4, -0.2) is 26.8 Å². The van der Waals surface area contributed by atoms with Gasteiger partial charge in [0.05, 0.1) is 26.4 Å². The molecule has 2 rings (SSSR count). The molecule has 0 saturated carbocycles. The fourth-order valence-electron chi connectivity index (χ4n) is 2.21. The Balaban J connectivity index is 1.97. The quantitative estimate of drug-likeness (QED) is 0.620. The first-order valence-corrected chi connectivity index (χ1v) is 8.58. The average Bonchev–Trinajstić information content (AvgIpc) is 2.66. The van der Waals surface area contributed by atoms with E-state index in [0.29, 0.717) is 29.6 Å². The fraction of sp³-hybridized carbons (Fsp3) is 0.400. The van der Waals surface area contributed by atoms with Gasteiger partial charge in [-0.2, -0.15) is 0 Å². The molecule has 0 aliphatic rings. The van der Waals surface area contributed by atoms with Crippen LogP contribution in [0.2, 0.25) is 0 Å². The van der Waals surface area contributed by atoms with Crippen molar-refractivity contribution in [3.63, 3.8) is 0 Å². The van der Waals surface area contributed by atoms with E-state index in [2.05, 4.69) is 13.8 Å². The third-order valence-corrected chi connectivity index (χ3v) is 3.77. The molecular formula is C20H24O7. The molecule has 0 N–H and O–H groups in total. The Morgan fingerprint density at radius 3 is 2.44 bits per heavy atom. The predicted molar refractivity (Wildman–Crippen MR) is 98.6 cm³/mol. The van der Waals surface area contributed by atoms with Gasteiger partial charge in [-0.05, 0) is 30.5 Å². The van der Waals surface area contributed by atoms with Crippen molar-refractivity contribution in [1.82, 2.24) is 0 Å². The van der Waals surface area contributed by atoms with E-state index >= 15 is 0 Å². The number of hydrogen-bond donors (Lipinski definition) is 0. The van der Waals surface area contributed by atoms with Crippen molar-refractivity contribution >= 4 is 5.97 Å². The molecule has 0 fully saturated rings. The molecule has 0 radical (unpaired) electrons. The van der Waals surface area contributed by atoms with Crippen LogP contribution in [0.3, 0.4) is 0 Å². The highest BCUT2D eigenvalue weighted by Crippen LogP contribution is 2.27. The normalized spacial score (nSPS) is 10.6. The lowest BCUT2D eigenvalue weighted by Crippen LogP contribution is -2.11. The highest BCUT2D eigenvalue weighted by Gasteiger charge is 2.13. The standard InChI is InChI=1S/C20H24O7/c1-13(2)7-8-25-19-12-26-15(10-16(19)21)11-27-20(22)14-5-6-17(23-3)18(9-14)24-4/h5-6,9-10,12-13H,7-8,11H2,1-4H3. The van der Waals surface area contributed by atoms with Gasteiger partial charge in [-0.15, -0.1) is 0 Å². The third kappa shape index (κ3) is 5.77. The van der Waals surface area contributed by atoms with Crippen LogP contribution in [0.4, 0.5) is 0 Å². The number of methoxy groups -OCH3 is 2. The molecule has 146 valence electrons. The molecule has 0 unspecified atom stereocenters. The summed E-state index contributed by atoms with van der Waals surface area (Å²) in [5.41, 5.74) is -0.0224. The number of hydrogen-bond acceptors (Lipinski definition) is 7. The topological polar surface area (TPSA) is 84.2 Å². The van der Waals surface area contributed by atoms with Crippen LogP contribution in [0.5, 0.6) is 17.2 Å². The molecule has 2 aromatic rings. The largest absolute Gasteiger partial charge is 0.493 e. The molecule has 0 spiro atoms. The van der Waals surface area contributed by atoms with Crippen LogP contribution in [0.15, 0.2) is 39.7 Å². The van der Waals surface area contributed by atoms with Gasteiger partial charge in [0, 0.05) is 6.07 Å². The second-order valence-corrected chi connectivity index (χ2v) is 6.25. The summed E-state index contributed by atoms with van der Waals surface area (Å²) in [7, 11) is 2.99. The lowest BCUT2D eigenvalue weighted by Gasteiger charge is -2.10. The first-order valence-electron chi connectivity index (χ1n) is 8.58. The average molecular weight is 376 g/mol. The number of benzene rings is 1. The lowest BCUT2D eigenvalue weighted by atomic mass is 10.1. The highest BCUT2D eigenvalue weighted by atomic mass is 16.5. The van der Waals surface area contributed by atoms with Crippen molar-refractivity contribution in [2.45, 2.75) is 26.9 Å². The van der Waals surface area contributed by atoms with Gasteiger partial charge in [-0.1, -0.05) is 13.8 Å². The maximum absolute atomic E-state index is 12.2. The van der Waals surface area contributed by atoms with E-state index in [9.17, 15) is 9.59 Å². The number of carbonyl (C=O) groups is 1.